The third-order valence-electron chi connectivity index (χ3n) is 3.86. The van der Waals surface area contributed by atoms with E-state index in [1.807, 2.05) is 13.0 Å². The van der Waals surface area contributed by atoms with Crippen molar-refractivity contribution in [3.63, 3.8) is 0 Å². The van der Waals surface area contributed by atoms with Crippen LogP contribution in [-0.4, -0.2) is 42.3 Å². The van der Waals surface area contributed by atoms with Crippen molar-refractivity contribution in [3.8, 4) is 0 Å². The van der Waals surface area contributed by atoms with Gasteiger partial charge in [-0.1, -0.05) is 17.3 Å². The van der Waals surface area contributed by atoms with Crippen LogP contribution in [0.3, 0.4) is 0 Å². The topological polar surface area (TPSA) is 61.6 Å². The van der Waals surface area contributed by atoms with Gasteiger partial charge in [0, 0.05) is 38.8 Å². The highest BCUT2D eigenvalue weighted by molar-refractivity contribution is 5.74. The summed E-state index contributed by atoms with van der Waals surface area (Å²) in [6, 6.07) is 7.90. The van der Waals surface area contributed by atoms with Gasteiger partial charge in [-0.05, 0) is 24.6 Å². The van der Waals surface area contributed by atoms with Gasteiger partial charge in [0.25, 0.3) is 0 Å². The van der Waals surface area contributed by atoms with E-state index in [0.29, 0.717) is 19.6 Å². The van der Waals surface area contributed by atoms with Crippen LogP contribution in [0.2, 0.25) is 0 Å². The molecule has 0 spiro atoms. The standard InChI is InChI=1S/C16H19FN4O2/c1-12-10-15(19-23-12)20-6-8-21(9-7-20)16(22)18-11-13-2-4-14(17)5-3-13/h2-5,10H,6-9,11H2,1H3,(H,18,22). The van der Waals surface area contributed by atoms with Crippen LogP contribution < -0.4 is 10.2 Å². The van der Waals surface area contributed by atoms with Gasteiger partial charge in [0.2, 0.25) is 0 Å². The third-order valence-corrected chi connectivity index (χ3v) is 3.86. The fourth-order valence-corrected chi connectivity index (χ4v) is 2.53. The molecule has 0 unspecified atom stereocenters. The predicted octanol–water partition coefficient (Wildman–Crippen LogP) is 2.15. The minimum atomic E-state index is -0.278. The van der Waals surface area contributed by atoms with E-state index in [0.717, 1.165) is 30.2 Å². The summed E-state index contributed by atoms with van der Waals surface area (Å²) in [5.74, 6) is 1.31. The van der Waals surface area contributed by atoms with Crippen LogP contribution in [0.1, 0.15) is 11.3 Å². The minimum absolute atomic E-state index is 0.106. The quantitative estimate of drug-likeness (QED) is 0.942. The number of benzene rings is 1. The largest absolute Gasteiger partial charge is 0.360 e. The molecule has 1 saturated heterocycles. The molecule has 1 aromatic heterocycles. The summed E-state index contributed by atoms with van der Waals surface area (Å²) < 4.78 is 17.9. The fraction of sp³-hybridized carbons (Fsp3) is 0.375. The van der Waals surface area contributed by atoms with E-state index in [-0.39, 0.29) is 11.8 Å². The Kier molecular flexibility index (Phi) is 4.45. The summed E-state index contributed by atoms with van der Waals surface area (Å²) in [5, 5.41) is 6.85. The molecule has 1 fully saturated rings. The van der Waals surface area contributed by atoms with Crippen molar-refractivity contribution in [2.24, 2.45) is 0 Å². The number of carbonyl (C=O) groups is 1. The van der Waals surface area contributed by atoms with Gasteiger partial charge >= 0.3 is 6.03 Å². The second-order valence-corrected chi connectivity index (χ2v) is 5.56. The molecular weight excluding hydrogens is 299 g/mol. The number of urea groups is 1. The maximum Gasteiger partial charge on any atom is 0.317 e. The van der Waals surface area contributed by atoms with Gasteiger partial charge < -0.3 is 19.6 Å². The Hall–Kier alpha value is -2.57. The SMILES string of the molecule is Cc1cc(N2CCN(C(=O)NCc3ccc(F)cc3)CC2)no1. The van der Waals surface area contributed by atoms with Crippen LogP contribution in [0.4, 0.5) is 15.0 Å². The molecule has 1 N–H and O–H groups in total. The van der Waals surface area contributed by atoms with Gasteiger partial charge in [-0.2, -0.15) is 0 Å². The number of halogens is 1. The Labute approximate surface area is 133 Å². The van der Waals surface area contributed by atoms with Crippen molar-refractivity contribution in [2.45, 2.75) is 13.5 Å². The Morgan fingerprint density at radius 2 is 1.96 bits per heavy atom. The van der Waals surface area contributed by atoms with E-state index in [2.05, 4.69) is 15.4 Å². The van der Waals surface area contributed by atoms with Gasteiger partial charge in [-0.15, -0.1) is 0 Å². The number of aromatic nitrogens is 1. The number of carbonyl (C=O) groups excluding carboxylic acids is 1. The van der Waals surface area contributed by atoms with Crippen LogP contribution >= 0.6 is 0 Å². The van der Waals surface area contributed by atoms with Crippen molar-refractivity contribution in [1.82, 2.24) is 15.4 Å². The van der Waals surface area contributed by atoms with Crippen molar-refractivity contribution in [2.75, 3.05) is 31.1 Å². The molecule has 0 bridgehead atoms. The molecule has 23 heavy (non-hydrogen) atoms. The lowest BCUT2D eigenvalue weighted by atomic mass is 10.2. The van der Waals surface area contributed by atoms with Crippen LogP contribution in [0, 0.1) is 12.7 Å². The molecule has 1 aliphatic rings. The predicted molar refractivity (Wildman–Crippen MR) is 83.7 cm³/mol. The second-order valence-electron chi connectivity index (χ2n) is 5.56. The van der Waals surface area contributed by atoms with E-state index >= 15 is 0 Å². The van der Waals surface area contributed by atoms with Gasteiger partial charge in [-0.3, -0.25) is 0 Å². The molecule has 6 nitrogen and oxygen atoms in total. The second kappa shape index (κ2) is 6.68. The average Bonchev–Trinajstić information content (AvgIpc) is 3.01. The molecule has 2 aromatic rings. The summed E-state index contributed by atoms with van der Waals surface area (Å²) >= 11 is 0. The molecule has 2 heterocycles. The van der Waals surface area contributed by atoms with Crippen LogP contribution in [0.5, 0.6) is 0 Å². The molecule has 1 aliphatic heterocycles. The lowest BCUT2D eigenvalue weighted by Gasteiger charge is -2.34. The van der Waals surface area contributed by atoms with Crippen molar-refractivity contribution in [3.05, 3.63) is 47.5 Å². The zero-order valence-electron chi connectivity index (χ0n) is 13.0. The van der Waals surface area contributed by atoms with Gasteiger partial charge in [-0.25, -0.2) is 9.18 Å². The summed E-state index contributed by atoms with van der Waals surface area (Å²) in [5.41, 5.74) is 0.872. The maximum atomic E-state index is 12.8. The van der Waals surface area contributed by atoms with Crippen molar-refractivity contribution < 1.29 is 13.7 Å². The lowest BCUT2D eigenvalue weighted by molar-refractivity contribution is 0.193. The Morgan fingerprint density at radius 3 is 2.57 bits per heavy atom. The van der Waals surface area contributed by atoms with E-state index in [9.17, 15) is 9.18 Å². The summed E-state index contributed by atoms with van der Waals surface area (Å²) in [6.45, 7) is 4.94. The molecule has 0 aliphatic carbocycles. The summed E-state index contributed by atoms with van der Waals surface area (Å²) in [6.07, 6.45) is 0. The number of amides is 2. The first-order chi connectivity index (χ1) is 11.1. The zero-order chi connectivity index (χ0) is 16.2. The maximum absolute atomic E-state index is 12.8. The van der Waals surface area contributed by atoms with E-state index in [1.54, 1.807) is 17.0 Å². The molecular formula is C16H19FN4O2. The first-order valence-electron chi connectivity index (χ1n) is 7.57. The van der Waals surface area contributed by atoms with Crippen LogP contribution in [0.25, 0.3) is 0 Å². The van der Waals surface area contributed by atoms with Crippen molar-refractivity contribution in [1.29, 1.82) is 0 Å². The van der Waals surface area contributed by atoms with E-state index in [4.69, 9.17) is 4.52 Å². The van der Waals surface area contributed by atoms with E-state index in [1.165, 1.54) is 12.1 Å². The molecule has 122 valence electrons. The third kappa shape index (κ3) is 3.80. The lowest BCUT2D eigenvalue weighted by Crippen LogP contribution is -2.51. The minimum Gasteiger partial charge on any atom is -0.360 e. The molecule has 7 heteroatoms. The molecule has 0 atom stereocenters. The van der Waals surface area contributed by atoms with Crippen LogP contribution in [-0.2, 0) is 6.54 Å². The van der Waals surface area contributed by atoms with Crippen LogP contribution in [0.15, 0.2) is 34.9 Å². The molecule has 1 aromatic carbocycles. The number of nitrogens with zero attached hydrogens (tertiary/aromatic N) is 3. The zero-order valence-corrected chi connectivity index (χ0v) is 13.0. The Bertz CT molecular complexity index is 663. The number of aryl methyl sites for hydroxylation is 1. The molecule has 0 radical (unpaired) electrons. The first-order valence-corrected chi connectivity index (χ1v) is 7.57. The monoisotopic (exact) mass is 318 g/mol. The smallest absolute Gasteiger partial charge is 0.317 e. The number of anilines is 1. The number of hydrogen-bond donors (Lipinski definition) is 1. The van der Waals surface area contributed by atoms with Gasteiger partial charge in [0.1, 0.15) is 11.6 Å². The molecule has 3 rings (SSSR count). The Morgan fingerprint density at radius 1 is 1.26 bits per heavy atom. The normalized spacial score (nSPS) is 14.9. The molecule has 0 saturated carbocycles. The Balaban J connectivity index is 1.47. The fourth-order valence-electron chi connectivity index (χ4n) is 2.53. The van der Waals surface area contributed by atoms with Crippen molar-refractivity contribution >= 4 is 11.8 Å². The summed E-state index contributed by atoms with van der Waals surface area (Å²) in [4.78, 5) is 16.0. The highest BCUT2D eigenvalue weighted by atomic mass is 19.1. The summed E-state index contributed by atoms with van der Waals surface area (Å²) in [7, 11) is 0. The highest BCUT2D eigenvalue weighted by Gasteiger charge is 2.22. The number of hydrogen-bond acceptors (Lipinski definition) is 4. The number of nitrogens with one attached hydrogen (secondary N) is 1. The van der Waals surface area contributed by atoms with E-state index < -0.39 is 0 Å². The number of rotatable bonds is 3. The highest BCUT2D eigenvalue weighted by Crippen LogP contribution is 2.16. The van der Waals surface area contributed by atoms with Gasteiger partial charge in [0.15, 0.2) is 5.82 Å². The average molecular weight is 318 g/mol. The van der Waals surface area contributed by atoms with Gasteiger partial charge in [0.05, 0.1) is 0 Å². The number of piperazine rings is 1. The molecule has 2 amide bonds. The first kappa shape index (κ1) is 15.3.